The van der Waals surface area contributed by atoms with Gasteiger partial charge in [0.05, 0.1) is 4.91 Å². The Bertz CT molecular complexity index is 1100. The van der Waals surface area contributed by atoms with E-state index >= 15 is 0 Å². The minimum absolute atomic E-state index is 0.213. The number of anilines is 1. The van der Waals surface area contributed by atoms with Crippen LogP contribution in [0.3, 0.4) is 0 Å². The molecule has 7 nitrogen and oxygen atoms in total. The second-order valence-corrected chi connectivity index (χ2v) is 9.67. The van der Waals surface area contributed by atoms with Crippen LogP contribution < -0.4 is 4.90 Å². The quantitative estimate of drug-likeness (QED) is 0.628. The Labute approximate surface area is 197 Å². The maximum absolute atomic E-state index is 12.9. The summed E-state index contributed by atoms with van der Waals surface area (Å²) >= 11 is 0.856. The zero-order chi connectivity index (χ0) is 22.8. The topological polar surface area (TPSA) is 74.1 Å². The highest BCUT2D eigenvalue weighted by atomic mass is 32.2. The molecule has 8 heteroatoms. The largest absolute Gasteiger partial charge is 0.441 e. The molecule has 0 radical (unpaired) electrons. The Kier molecular flexibility index (Phi) is 6.26. The monoisotopic (exact) mass is 465 g/mol. The minimum Gasteiger partial charge on any atom is -0.441 e. The first-order chi connectivity index (χ1) is 16.1. The lowest BCUT2D eigenvalue weighted by molar-refractivity contribution is -0.136. The fraction of sp³-hybridized carbons (Fsp3) is 0.400. The molecule has 2 aromatic rings. The van der Waals surface area contributed by atoms with Crippen molar-refractivity contribution in [1.82, 2.24) is 9.80 Å². The normalized spacial score (nSPS) is 20.4. The van der Waals surface area contributed by atoms with Gasteiger partial charge in [-0.3, -0.25) is 19.3 Å². The summed E-state index contributed by atoms with van der Waals surface area (Å²) in [6.45, 7) is 2.79. The van der Waals surface area contributed by atoms with Crippen LogP contribution in [0.4, 0.5) is 10.7 Å². The number of rotatable bonds is 4. The van der Waals surface area contributed by atoms with E-state index in [0.717, 1.165) is 60.5 Å². The van der Waals surface area contributed by atoms with E-state index in [-0.39, 0.29) is 17.4 Å². The van der Waals surface area contributed by atoms with E-state index in [9.17, 15) is 14.4 Å². The molecule has 1 aromatic carbocycles. The van der Waals surface area contributed by atoms with Crippen LogP contribution in [0.25, 0.3) is 6.08 Å². The molecular weight excluding hydrogens is 438 g/mol. The van der Waals surface area contributed by atoms with Gasteiger partial charge in [-0.2, -0.15) is 0 Å². The highest BCUT2D eigenvalue weighted by Gasteiger charge is 2.37. The van der Waals surface area contributed by atoms with E-state index in [2.05, 4.69) is 11.0 Å². The highest BCUT2D eigenvalue weighted by Crippen LogP contribution is 2.33. The molecule has 3 aliphatic rings. The number of amides is 3. The van der Waals surface area contributed by atoms with Gasteiger partial charge in [0.15, 0.2) is 5.88 Å². The van der Waals surface area contributed by atoms with Gasteiger partial charge in [-0.25, -0.2) is 0 Å². The average molecular weight is 466 g/mol. The van der Waals surface area contributed by atoms with Crippen molar-refractivity contribution >= 4 is 40.8 Å². The molecule has 5 rings (SSSR count). The molecule has 33 heavy (non-hydrogen) atoms. The summed E-state index contributed by atoms with van der Waals surface area (Å²) in [5, 5.41) is -0.420. The zero-order valence-electron chi connectivity index (χ0n) is 18.5. The molecular formula is C25H27N3O4S. The smallest absolute Gasteiger partial charge is 0.294 e. The molecule has 0 N–H and O–H groups in total. The van der Waals surface area contributed by atoms with Crippen molar-refractivity contribution in [3.05, 3.63) is 58.2 Å². The van der Waals surface area contributed by atoms with Gasteiger partial charge in [-0.15, -0.1) is 0 Å². The first-order valence-electron chi connectivity index (χ1n) is 11.5. The molecule has 2 fully saturated rings. The highest BCUT2D eigenvalue weighted by molar-refractivity contribution is 8.18. The van der Waals surface area contributed by atoms with E-state index in [1.807, 2.05) is 30.3 Å². The Morgan fingerprint density at radius 2 is 1.73 bits per heavy atom. The molecule has 0 spiro atoms. The number of carbonyl (C=O) groups excluding carboxylic acids is 3. The van der Waals surface area contributed by atoms with Crippen LogP contribution in [0.5, 0.6) is 0 Å². The lowest BCUT2D eigenvalue weighted by atomic mass is 10.00. The van der Waals surface area contributed by atoms with Crippen molar-refractivity contribution < 1.29 is 18.8 Å². The zero-order valence-corrected chi connectivity index (χ0v) is 19.3. The lowest BCUT2D eigenvalue weighted by Crippen LogP contribution is -2.44. The van der Waals surface area contributed by atoms with Gasteiger partial charge in [-0.05, 0) is 48.2 Å². The first-order valence-corrected chi connectivity index (χ1v) is 12.3. The number of nitrogens with zero attached hydrogens (tertiary/aromatic N) is 3. The molecule has 0 unspecified atom stereocenters. The van der Waals surface area contributed by atoms with E-state index in [0.29, 0.717) is 18.8 Å². The Morgan fingerprint density at radius 3 is 2.52 bits per heavy atom. The second-order valence-electron chi connectivity index (χ2n) is 8.68. The van der Waals surface area contributed by atoms with Gasteiger partial charge in [-0.1, -0.05) is 37.1 Å². The summed E-state index contributed by atoms with van der Waals surface area (Å²) in [5.74, 6) is 0.680. The molecule has 0 aliphatic carbocycles. The maximum Gasteiger partial charge on any atom is 0.294 e. The van der Waals surface area contributed by atoms with E-state index in [1.165, 1.54) is 18.4 Å². The molecule has 0 bridgehead atoms. The summed E-state index contributed by atoms with van der Waals surface area (Å²) in [6.07, 6.45) is 7.15. The third-order valence-corrected chi connectivity index (χ3v) is 7.36. The number of furan rings is 1. The minimum atomic E-state index is -0.441. The van der Waals surface area contributed by atoms with Crippen molar-refractivity contribution in [2.24, 2.45) is 0 Å². The molecule has 2 saturated heterocycles. The number of fused-ring (bicyclic) bond motifs is 1. The SMILES string of the molecule is O=C(CN1C(=O)S/C(=C\c2ccc(N3CCCCCC3)o2)C1=O)N1CCc2ccccc2C1. The van der Waals surface area contributed by atoms with Crippen molar-refractivity contribution in [2.75, 3.05) is 31.1 Å². The molecule has 0 atom stereocenters. The molecule has 3 aliphatic heterocycles. The fourth-order valence-electron chi connectivity index (χ4n) is 4.59. The summed E-state index contributed by atoms with van der Waals surface area (Å²) in [5.41, 5.74) is 2.36. The number of carbonyl (C=O) groups is 3. The van der Waals surface area contributed by atoms with Crippen LogP contribution in [0.2, 0.25) is 0 Å². The van der Waals surface area contributed by atoms with E-state index in [1.54, 1.807) is 11.0 Å². The van der Waals surface area contributed by atoms with Crippen LogP contribution in [-0.4, -0.2) is 53.0 Å². The summed E-state index contributed by atoms with van der Waals surface area (Å²) < 4.78 is 5.95. The van der Waals surface area contributed by atoms with Gasteiger partial charge >= 0.3 is 0 Å². The van der Waals surface area contributed by atoms with Gasteiger partial charge < -0.3 is 14.2 Å². The molecule has 0 saturated carbocycles. The predicted molar refractivity (Wildman–Crippen MR) is 128 cm³/mol. The Hall–Kier alpha value is -3.00. The Balaban J connectivity index is 1.24. The van der Waals surface area contributed by atoms with Gasteiger partial charge in [0.1, 0.15) is 12.3 Å². The molecule has 3 amide bonds. The summed E-state index contributed by atoms with van der Waals surface area (Å²) in [4.78, 5) is 43.5. The van der Waals surface area contributed by atoms with Crippen LogP contribution in [-0.2, 0) is 22.6 Å². The van der Waals surface area contributed by atoms with Crippen molar-refractivity contribution in [3.63, 3.8) is 0 Å². The number of benzene rings is 1. The van der Waals surface area contributed by atoms with Gasteiger partial charge in [0.2, 0.25) is 5.91 Å². The first kappa shape index (κ1) is 21.8. The molecule has 172 valence electrons. The van der Waals surface area contributed by atoms with Crippen molar-refractivity contribution in [1.29, 1.82) is 0 Å². The maximum atomic E-state index is 12.9. The summed E-state index contributed by atoms with van der Waals surface area (Å²) in [6, 6.07) is 11.8. The lowest BCUT2D eigenvalue weighted by Gasteiger charge is -2.29. The molecule has 4 heterocycles. The molecule has 1 aromatic heterocycles. The van der Waals surface area contributed by atoms with Gasteiger partial charge in [0.25, 0.3) is 11.1 Å². The Morgan fingerprint density at radius 1 is 0.970 bits per heavy atom. The standard InChI is InChI=1S/C25H27N3O4S/c29-22(27-14-11-18-7-3-4-8-19(18)16-27)17-28-24(30)21(33-25(28)31)15-20-9-10-23(32-20)26-12-5-1-2-6-13-26/h3-4,7-10,15H,1-2,5-6,11-14,16-17H2/b21-15-. The predicted octanol–water partition coefficient (Wildman–Crippen LogP) is 4.28. The van der Waals surface area contributed by atoms with Crippen LogP contribution in [0, 0.1) is 0 Å². The third kappa shape index (κ3) is 4.71. The number of hydrogen-bond donors (Lipinski definition) is 0. The fourth-order valence-corrected chi connectivity index (χ4v) is 5.41. The van der Waals surface area contributed by atoms with Crippen LogP contribution >= 0.6 is 11.8 Å². The number of hydrogen-bond acceptors (Lipinski definition) is 6. The van der Waals surface area contributed by atoms with Crippen LogP contribution in [0.1, 0.15) is 42.6 Å². The van der Waals surface area contributed by atoms with Crippen molar-refractivity contribution in [3.8, 4) is 0 Å². The van der Waals surface area contributed by atoms with E-state index in [4.69, 9.17) is 4.42 Å². The third-order valence-electron chi connectivity index (χ3n) is 6.45. The van der Waals surface area contributed by atoms with E-state index < -0.39 is 11.1 Å². The van der Waals surface area contributed by atoms with Crippen LogP contribution in [0.15, 0.2) is 45.7 Å². The summed E-state index contributed by atoms with van der Waals surface area (Å²) in [7, 11) is 0. The number of thioether (sulfide) groups is 1. The van der Waals surface area contributed by atoms with Crippen molar-refractivity contribution in [2.45, 2.75) is 38.6 Å². The average Bonchev–Trinajstić information content (AvgIpc) is 3.26. The van der Waals surface area contributed by atoms with Gasteiger partial charge in [0, 0.05) is 38.3 Å². The second kappa shape index (κ2) is 9.47. The number of imide groups is 1.